The average Bonchev–Trinajstić information content (AvgIpc) is 3.17. The van der Waals surface area contributed by atoms with E-state index in [9.17, 15) is 4.79 Å². The van der Waals surface area contributed by atoms with Crippen molar-refractivity contribution in [3.05, 3.63) is 35.0 Å². The van der Waals surface area contributed by atoms with Crippen LogP contribution in [0.2, 0.25) is 0 Å². The number of carbonyl (C=O) groups excluding carboxylic acids is 1. The van der Waals surface area contributed by atoms with Gasteiger partial charge in [-0.05, 0) is 11.4 Å². The van der Waals surface area contributed by atoms with E-state index in [0.29, 0.717) is 24.0 Å². The molecule has 0 unspecified atom stereocenters. The first-order valence-electron chi connectivity index (χ1n) is 6.35. The van der Waals surface area contributed by atoms with Crippen molar-refractivity contribution in [3.63, 3.8) is 0 Å². The fraction of sp³-hybridized carbons (Fsp3) is 0.231. The molecule has 21 heavy (non-hydrogen) atoms. The van der Waals surface area contributed by atoms with Gasteiger partial charge in [-0.2, -0.15) is 21.4 Å². The summed E-state index contributed by atoms with van der Waals surface area (Å²) in [5.74, 6) is 1.40. The fourth-order valence-corrected chi connectivity index (χ4v) is 2.41. The second-order valence-corrected chi connectivity index (χ2v) is 5.23. The number of nitrogens with zero attached hydrogens (tertiary/aromatic N) is 4. The molecule has 0 saturated carbocycles. The molecule has 0 saturated heterocycles. The van der Waals surface area contributed by atoms with Crippen LogP contribution in [-0.2, 0) is 18.3 Å². The molecule has 1 N–H and O–H groups in total. The summed E-state index contributed by atoms with van der Waals surface area (Å²) >= 11 is 1.57. The summed E-state index contributed by atoms with van der Waals surface area (Å²) in [4.78, 5) is 16.0. The van der Waals surface area contributed by atoms with Gasteiger partial charge in [-0.15, -0.1) is 0 Å². The zero-order chi connectivity index (χ0) is 14.7. The van der Waals surface area contributed by atoms with Gasteiger partial charge in [-0.1, -0.05) is 5.16 Å². The van der Waals surface area contributed by atoms with Gasteiger partial charge in [0, 0.05) is 43.1 Å². The van der Waals surface area contributed by atoms with E-state index in [1.807, 2.05) is 16.8 Å². The number of nitrogens with one attached hydrogen (secondary N) is 1. The van der Waals surface area contributed by atoms with Gasteiger partial charge in [-0.3, -0.25) is 9.48 Å². The van der Waals surface area contributed by atoms with E-state index in [1.165, 1.54) is 0 Å². The van der Waals surface area contributed by atoms with E-state index in [0.717, 1.165) is 5.56 Å². The smallest absolute Gasteiger partial charge is 0.227 e. The summed E-state index contributed by atoms with van der Waals surface area (Å²) in [6, 6.07) is 3.66. The number of hydrogen-bond donors (Lipinski definition) is 1. The number of aryl methyl sites for hydroxylation is 2. The maximum atomic E-state index is 11.8. The lowest BCUT2D eigenvalue weighted by molar-refractivity contribution is -0.116. The molecule has 3 rings (SSSR count). The molecule has 0 aromatic carbocycles. The normalized spacial score (nSPS) is 10.7. The molecule has 1 amide bonds. The molecule has 0 fully saturated rings. The predicted octanol–water partition coefficient (Wildman–Crippen LogP) is 2.10. The molecule has 7 nitrogen and oxygen atoms in total. The number of rotatable bonds is 5. The Hall–Kier alpha value is -2.48. The maximum absolute atomic E-state index is 11.8. The van der Waals surface area contributed by atoms with Gasteiger partial charge >= 0.3 is 0 Å². The minimum absolute atomic E-state index is 0.135. The van der Waals surface area contributed by atoms with E-state index in [4.69, 9.17) is 4.52 Å². The van der Waals surface area contributed by atoms with Crippen molar-refractivity contribution in [2.45, 2.75) is 12.8 Å². The quantitative estimate of drug-likeness (QED) is 0.780. The zero-order valence-electron chi connectivity index (χ0n) is 11.3. The van der Waals surface area contributed by atoms with Gasteiger partial charge in [0.05, 0.1) is 0 Å². The average molecular weight is 303 g/mol. The molecule has 3 heterocycles. The molecule has 0 aliphatic rings. The maximum Gasteiger partial charge on any atom is 0.227 e. The third-order valence-electron chi connectivity index (χ3n) is 2.79. The first-order chi connectivity index (χ1) is 10.2. The molecule has 8 heteroatoms. The molecule has 3 aromatic rings. The summed E-state index contributed by atoms with van der Waals surface area (Å²) in [7, 11) is 1.79. The van der Waals surface area contributed by atoms with Crippen LogP contribution in [0.5, 0.6) is 0 Å². The van der Waals surface area contributed by atoms with Crippen LogP contribution in [0.1, 0.15) is 12.3 Å². The minimum Gasteiger partial charge on any atom is -0.339 e. The third-order valence-corrected chi connectivity index (χ3v) is 3.48. The van der Waals surface area contributed by atoms with Crippen LogP contribution >= 0.6 is 11.3 Å². The first-order valence-corrected chi connectivity index (χ1v) is 7.29. The molecule has 0 atom stereocenters. The molecule has 108 valence electrons. The van der Waals surface area contributed by atoms with Crippen LogP contribution in [-0.4, -0.2) is 25.8 Å². The Morgan fingerprint density at radius 3 is 3.10 bits per heavy atom. The monoisotopic (exact) mass is 303 g/mol. The Bertz CT molecular complexity index is 731. The van der Waals surface area contributed by atoms with Crippen molar-refractivity contribution in [1.82, 2.24) is 19.9 Å². The van der Waals surface area contributed by atoms with E-state index in [2.05, 4.69) is 20.6 Å². The SMILES string of the molecule is Cn1ccc(NC(=O)CCc2nc(-c3ccsc3)no2)n1. The van der Waals surface area contributed by atoms with E-state index < -0.39 is 0 Å². The number of thiophene rings is 1. The van der Waals surface area contributed by atoms with Gasteiger partial charge < -0.3 is 9.84 Å². The highest BCUT2D eigenvalue weighted by molar-refractivity contribution is 7.08. The third kappa shape index (κ3) is 3.34. The molecular formula is C13H13N5O2S. The largest absolute Gasteiger partial charge is 0.339 e. The predicted molar refractivity (Wildman–Crippen MR) is 77.8 cm³/mol. The molecule has 0 aliphatic heterocycles. The highest BCUT2D eigenvalue weighted by atomic mass is 32.1. The van der Waals surface area contributed by atoms with Crippen molar-refractivity contribution in [2.24, 2.45) is 7.05 Å². The van der Waals surface area contributed by atoms with Crippen LogP contribution in [0.15, 0.2) is 33.6 Å². The highest BCUT2D eigenvalue weighted by Crippen LogP contribution is 2.19. The highest BCUT2D eigenvalue weighted by Gasteiger charge is 2.11. The van der Waals surface area contributed by atoms with Gasteiger partial charge in [0.15, 0.2) is 5.82 Å². The van der Waals surface area contributed by atoms with E-state index in [1.54, 1.807) is 35.3 Å². The topological polar surface area (TPSA) is 85.8 Å². The van der Waals surface area contributed by atoms with E-state index >= 15 is 0 Å². The molecule has 0 aliphatic carbocycles. The second kappa shape index (κ2) is 5.88. The Morgan fingerprint density at radius 2 is 2.38 bits per heavy atom. The van der Waals surface area contributed by atoms with Gasteiger partial charge in [0.1, 0.15) is 0 Å². The van der Waals surface area contributed by atoms with Crippen LogP contribution in [0.3, 0.4) is 0 Å². The number of anilines is 1. The summed E-state index contributed by atoms with van der Waals surface area (Å²) < 4.78 is 6.76. The number of hydrogen-bond acceptors (Lipinski definition) is 6. The number of amides is 1. The molecule has 0 spiro atoms. The molecular weight excluding hydrogens is 290 g/mol. The molecule has 0 radical (unpaired) electrons. The van der Waals surface area contributed by atoms with Crippen molar-refractivity contribution >= 4 is 23.1 Å². The Morgan fingerprint density at radius 1 is 1.48 bits per heavy atom. The van der Waals surface area contributed by atoms with Crippen LogP contribution < -0.4 is 5.32 Å². The minimum atomic E-state index is -0.135. The lowest BCUT2D eigenvalue weighted by atomic mass is 10.3. The van der Waals surface area contributed by atoms with Gasteiger partial charge in [0.25, 0.3) is 0 Å². The van der Waals surface area contributed by atoms with E-state index in [-0.39, 0.29) is 12.3 Å². The second-order valence-electron chi connectivity index (χ2n) is 4.45. The molecule has 0 bridgehead atoms. The van der Waals surface area contributed by atoms with Crippen molar-refractivity contribution in [3.8, 4) is 11.4 Å². The van der Waals surface area contributed by atoms with Crippen LogP contribution in [0, 0.1) is 0 Å². The van der Waals surface area contributed by atoms with Crippen molar-refractivity contribution < 1.29 is 9.32 Å². The molecule has 3 aromatic heterocycles. The van der Waals surface area contributed by atoms with Crippen LogP contribution in [0.4, 0.5) is 5.82 Å². The zero-order valence-corrected chi connectivity index (χ0v) is 12.1. The Kier molecular flexibility index (Phi) is 3.78. The summed E-state index contributed by atoms with van der Waals surface area (Å²) in [6.45, 7) is 0. The summed E-state index contributed by atoms with van der Waals surface area (Å²) in [5, 5.41) is 14.6. The number of aromatic nitrogens is 4. The first kappa shape index (κ1) is 13.5. The van der Waals surface area contributed by atoms with Gasteiger partial charge in [-0.25, -0.2) is 0 Å². The number of carbonyl (C=O) groups is 1. The van der Waals surface area contributed by atoms with Gasteiger partial charge in [0.2, 0.25) is 17.6 Å². The standard InChI is InChI=1S/C13H13N5O2S/c1-18-6-4-10(16-18)14-11(19)2-3-12-15-13(17-20-12)9-5-7-21-8-9/h4-8H,2-3H2,1H3,(H,14,16,19). The Balaban J connectivity index is 1.54. The lowest BCUT2D eigenvalue weighted by Crippen LogP contribution is -2.13. The van der Waals surface area contributed by atoms with Crippen LogP contribution in [0.25, 0.3) is 11.4 Å². The van der Waals surface area contributed by atoms with Crippen molar-refractivity contribution in [1.29, 1.82) is 0 Å². The summed E-state index contributed by atoms with van der Waals surface area (Å²) in [6.07, 6.45) is 2.43. The Labute approximate surface area is 124 Å². The fourth-order valence-electron chi connectivity index (χ4n) is 1.77. The summed E-state index contributed by atoms with van der Waals surface area (Å²) in [5.41, 5.74) is 0.924. The lowest BCUT2D eigenvalue weighted by Gasteiger charge is -1.99. The van der Waals surface area contributed by atoms with Crippen molar-refractivity contribution in [2.75, 3.05) is 5.32 Å².